The molecule has 0 aliphatic carbocycles. The van der Waals surface area contributed by atoms with Crippen LogP contribution in [0.15, 0.2) is 46.9 Å². The van der Waals surface area contributed by atoms with Crippen LogP contribution >= 0.6 is 27.5 Å². The summed E-state index contributed by atoms with van der Waals surface area (Å²) in [6, 6.07) is 14.1. The maximum absolute atomic E-state index is 6.45. The van der Waals surface area contributed by atoms with Crippen LogP contribution in [0.4, 0.5) is 0 Å². The minimum atomic E-state index is 0.0546. The average molecular weight is 369 g/mol. The lowest BCUT2D eigenvalue weighted by molar-refractivity contribution is 0.414. The van der Waals surface area contributed by atoms with E-state index >= 15 is 0 Å². The third kappa shape index (κ3) is 4.00. The fraction of sp³-hybridized carbons (Fsp3) is 0.294. The van der Waals surface area contributed by atoms with Crippen molar-refractivity contribution >= 4 is 27.5 Å². The standard InChI is InChI=1S/C17H19BrClNO/c1-3-10-20-17(13-6-4-5-7-15(13)18)14-9-8-12(21-2)11-16(14)19/h4-9,11,17,20H,3,10H2,1-2H3. The Balaban J connectivity index is 2.43. The SMILES string of the molecule is CCCNC(c1ccc(OC)cc1Cl)c1ccccc1Br. The van der Waals surface area contributed by atoms with E-state index in [2.05, 4.69) is 34.2 Å². The zero-order chi connectivity index (χ0) is 15.2. The Labute approximate surface area is 139 Å². The van der Waals surface area contributed by atoms with Gasteiger partial charge in [-0.25, -0.2) is 0 Å². The molecule has 2 rings (SSSR count). The first-order valence-electron chi connectivity index (χ1n) is 6.98. The van der Waals surface area contributed by atoms with Crippen molar-refractivity contribution in [1.82, 2.24) is 5.32 Å². The maximum Gasteiger partial charge on any atom is 0.120 e. The lowest BCUT2D eigenvalue weighted by Gasteiger charge is -2.22. The van der Waals surface area contributed by atoms with Gasteiger partial charge in [0.2, 0.25) is 0 Å². The summed E-state index contributed by atoms with van der Waals surface area (Å²) in [6.45, 7) is 3.08. The summed E-state index contributed by atoms with van der Waals surface area (Å²) in [4.78, 5) is 0. The quantitative estimate of drug-likeness (QED) is 0.756. The van der Waals surface area contributed by atoms with Gasteiger partial charge in [0.1, 0.15) is 5.75 Å². The normalized spacial score (nSPS) is 12.2. The molecule has 0 spiro atoms. The van der Waals surface area contributed by atoms with Crippen LogP contribution < -0.4 is 10.1 Å². The molecule has 4 heteroatoms. The first kappa shape index (κ1) is 16.3. The molecule has 0 fully saturated rings. The summed E-state index contributed by atoms with van der Waals surface area (Å²) in [5.74, 6) is 0.769. The second-order valence-corrected chi connectivity index (χ2v) is 6.06. The highest BCUT2D eigenvalue weighted by atomic mass is 79.9. The Bertz CT molecular complexity index is 603. The molecule has 112 valence electrons. The molecule has 21 heavy (non-hydrogen) atoms. The highest BCUT2D eigenvalue weighted by Crippen LogP contribution is 2.34. The number of halogens is 2. The first-order chi connectivity index (χ1) is 10.2. The Kier molecular flexibility index (Phi) is 6.09. The van der Waals surface area contributed by atoms with Gasteiger partial charge in [0.05, 0.1) is 13.2 Å². The van der Waals surface area contributed by atoms with Crippen molar-refractivity contribution in [1.29, 1.82) is 0 Å². The fourth-order valence-corrected chi connectivity index (χ4v) is 3.05. The molecule has 0 aliphatic rings. The van der Waals surface area contributed by atoms with Gasteiger partial charge in [0, 0.05) is 9.50 Å². The monoisotopic (exact) mass is 367 g/mol. The van der Waals surface area contributed by atoms with Crippen molar-refractivity contribution < 1.29 is 4.74 Å². The van der Waals surface area contributed by atoms with Crippen molar-refractivity contribution in [2.24, 2.45) is 0 Å². The molecule has 0 radical (unpaired) electrons. The number of methoxy groups -OCH3 is 1. The minimum Gasteiger partial charge on any atom is -0.497 e. The smallest absolute Gasteiger partial charge is 0.120 e. The Morgan fingerprint density at radius 3 is 2.57 bits per heavy atom. The summed E-state index contributed by atoms with van der Waals surface area (Å²) in [5, 5.41) is 4.27. The van der Waals surface area contributed by atoms with Crippen molar-refractivity contribution in [2.45, 2.75) is 19.4 Å². The van der Waals surface area contributed by atoms with Crippen LogP contribution in [0.5, 0.6) is 5.75 Å². The molecule has 1 atom stereocenters. The van der Waals surface area contributed by atoms with E-state index in [-0.39, 0.29) is 6.04 Å². The number of hydrogen-bond acceptors (Lipinski definition) is 2. The molecule has 2 nitrogen and oxygen atoms in total. The van der Waals surface area contributed by atoms with Crippen molar-refractivity contribution in [3.63, 3.8) is 0 Å². The molecule has 0 saturated heterocycles. The number of hydrogen-bond donors (Lipinski definition) is 1. The Morgan fingerprint density at radius 1 is 1.19 bits per heavy atom. The third-order valence-electron chi connectivity index (χ3n) is 3.33. The van der Waals surface area contributed by atoms with E-state index < -0.39 is 0 Å². The van der Waals surface area contributed by atoms with Crippen molar-refractivity contribution in [2.75, 3.05) is 13.7 Å². The van der Waals surface area contributed by atoms with Gasteiger partial charge in [-0.05, 0) is 42.3 Å². The van der Waals surface area contributed by atoms with Gasteiger partial charge in [-0.1, -0.05) is 58.7 Å². The molecule has 2 aromatic carbocycles. The second kappa shape index (κ2) is 7.83. The van der Waals surface area contributed by atoms with Crippen LogP contribution in [0, 0.1) is 0 Å². The van der Waals surface area contributed by atoms with E-state index in [1.54, 1.807) is 7.11 Å². The Hall–Kier alpha value is -1.03. The van der Waals surface area contributed by atoms with Gasteiger partial charge in [0.25, 0.3) is 0 Å². The minimum absolute atomic E-state index is 0.0546. The third-order valence-corrected chi connectivity index (χ3v) is 4.38. The number of rotatable bonds is 6. The summed E-state index contributed by atoms with van der Waals surface area (Å²) < 4.78 is 6.30. The summed E-state index contributed by atoms with van der Waals surface area (Å²) in [7, 11) is 1.64. The number of ether oxygens (including phenoxy) is 1. The molecule has 2 aromatic rings. The van der Waals surface area contributed by atoms with Crippen molar-refractivity contribution in [3.8, 4) is 5.75 Å². The highest BCUT2D eigenvalue weighted by molar-refractivity contribution is 9.10. The van der Waals surface area contributed by atoms with Gasteiger partial charge >= 0.3 is 0 Å². The fourth-order valence-electron chi connectivity index (χ4n) is 2.25. The zero-order valence-corrected chi connectivity index (χ0v) is 14.5. The summed E-state index contributed by atoms with van der Waals surface area (Å²) >= 11 is 10.1. The number of nitrogens with one attached hydrogen (secondary N) is 1. The molecule has 0 heterocycles. The average Bonchev–Trinajstić information content (AvgIpc) is 2.50. The van der Waals surface area contributed by atoms with Crippen LogP contribution in [0.2, 0.25) is 5.02 Å². The molecular formula is C17H19BrClNO. The highest BCUT2D eigenvalue weighted by Gasteiger charge is 2.18. The molecule has 1 unspecified atom stereocenters. The molecule has 0 saturated carbocycles. The molecule has 0 bridgehead atoms. The predicted octanol–water partition coefficient (Wildman–Crippen LogP) is 5.20. The van der Waals surface area contributed by atoms with E-state index in [0.717, 1.165) is 28.8 Å². The van der Waals surface area contributed by atoms with Crippen LogP contribution in [-0.2, 0) is 0 Å². The van der Waals surface area contributed by atoms with Crippen molar-refractivity contribution in [3.05, 3.63) is 63.1 Å². The van der Waals surface area contributed by atoms with E-state index in [0.29, 0.717) is 5.02 Å². The Morgan fingerprint density at radius 2 is 1.95 bits per heavy atom. The van der Waals surface area contributed by atoms with Gasteiger partial charge in [-0.3, -0.25) is 0 Å². The van der Waals surface area contributed by atoms with Gasteiger partial charge in [0.15, 0.2) is 0 Å². The van der Waals surface area contributed by atoms with E-state index in [1.807, 2.05) is 36.4 Å². The van der Waals surface area contributed by atoms with E-state index in [4.69, 9.17) is 16.3 Å². The topological polar surface area (TPSA) is 21.3 Å². The van der Waals surface area contributed by atoms with Gasteiger partial charge in [-0.2, -0.15) is 0 Å². The molecular weight excluding hydrogens is 350 g/mol. The maximum atomic E-state index is 6.45. The molecule has 0 amide bonds. The second-order valence-electron chi connectivity index (χ2n) is 4.80. The van der Waals surface area contributed by atoms with Gasteiger partial charge in [-0.15, -0.1) is 0 Å². The molecule has 1 N–H and O–H groups in total. The summed E-state index contributed by atoms with van der Waals surface area (Å²) in [6.07, 6.45) is 1.06. The summed E-state index contributed by atoms with van der Waals surface area (Å²) in [5.41, 5.74) is 2.23. The zero-order valence-electron chi connectivity index (χ0n) is 12.2. The largest absolute Gasteiger partial charge is 0.497 e. The predicted molar refractivity (Wildman–Crippen MR) is 92.3 cm³/mol. The van der Waals surface area contributed by atoms with E-state index in [1.165, 1.54) is 5.56 Å². The molecule has 0 aliphatic heterocycles. The molecule has 0 aromatic heterocycles. The lowest BCUT2D eigenvalue weighted by Crippen LogP contribution is -2.23. The first-order valence-corrected chi connectivity index (χ1v) is 8.15. The van der Waals surface area contributed by atoms with Gasteiger partial charge < -0.3 is 10.1 Å². The van der Waals surface area contributed by atoms with Crippen LogP contribution in [0.25, 0.3) is 0 Å². The van der Waals surface area contributed by atoms with Crippen LogP contribution in [-0.4, -0.2) is 13.7 Å². The van der Waals surface area contributed by atoms with Crippen LogP contribution in [0.3, 0.4) is 0 Å². The lowest BCUT2D eigenvalue weighted by atomic mass is 9.98. The number of benzene rings is 2. The van der Waals surface area contributed by atoms with E-state index in [9.17, 15) is 0 Å². The van der Waals surface area contributed by atoms with Crippen LogP contribution in [0.1, 0.15) is 30.5 Å².